The number of nitrogens with one attached hydrogen (secondary N) is 3. The summed E-state index contributed by atoms with van der Waals surface area (Å²) < 4.78 is 16.3. The first-order chi connectivity index (χ1) is 16.6. The average Bonchev–Trinajstić information content (AvgIpc) is 3.58. The molecule has 0 fully saturated rings. The molecule has 0 saturated carbocycles. The van der Waals surface area contributed by atoms with Crippen molar-refractivity contribution in [1.82, 2.24) is 15.0 Å². The quantitative estimate of drug-likeness (QED) is 0.303. The van der Waals surface area contributed by atoms with E-state index in [1.165, 1.54) is 0 Å². The van der Waals surface area contributed by atoms with Gasteiger partial charge in [-0.05, 0) is 72.8 Å². The first kappa shape index (κ1) is 20.7. The second kappa shape index (κ2) is 8.15. The highest BCUT2D eigenvalue weighted by molar-refractivity contribution is 7.79. The van der Waals surface area contributed by atoms with Gasteiger partial charge in [-0.15, -0.1) is 0 Å². The van der Waals surface area contributed by atoms with Crippen molar-refractivity contribution in [3.8, 4) is 17.2 Å². The number of fused-ring (bicyclic) bond motifs is 3. The van der Waals surface area contributed by atoms with E-state index in [1.807, 2.05) is 18.2 Å². The van der Waals surface area contributed by atoms with E-state index in [4.69, 9.17) is 14.2 Å². The summed E-state index contributed by atoms with van der Waals surface area (Å²) in [6.07, 6.45) is 0. The first-order valence-electron chi connectivity index (χ1n) is 11.0. The van der Waals surface area contributed by atoms with Crippen LogP contribution in [0.2, 0.25) is 0 Å². The van der Waals surface area contributed by atoms with Crippen molar-refractivity contribution in [3.63, 3.8) is 0 Å². The van der Waals surface area contributed by atoms with Gasteiger partial charge in [0.15, 0.2) is 0 Å². The van der Waals surface area contributed by atoms with Crippen molar-refractivity contribution in [2.45, 2.75) is 0 Å². The average molecular weight is 469 g/mol. The summed E-state index contributed by atoms with van der Waals surface area (Å²) in [5.74, 6) is 2.54. The van der Waals surface area contributed by atoms with Gasteiger partial charge in [-0.25, -0.2) is 0 Å². The van der Waals surface area contributed by atoms with Crippen LogP contribution < -0.4 is 30.5 Å². The first-order valence-corrected chi connectivity index (χ1v) is 12.3. The molecular formula is C27H24N3O3P. The van der Waals surface area contributed by atoms with E-state index in [1.54, 1.807) is 21.3 Å². The molecule has 0 spiro atoms. The number of ether oxygens (including phenoxy) is 3. The van der Waals surface area contributed by atoms with Crippen molar-refractivity contribution >= 4 is 56.9 Å². The van der Waals surface area contributed by atoms with Crippen LogP contribution in [0.25, 0.3) is 32.7 Å². The molecule has 0 aliphatic carbocycles. The van der Waals surface area contributed by atoms with Gasteiger partial charge in [0.05, 0.1) is 37.6 Å². The van der Waals surface area contributed by atoms with Gasteiger partial charge in [-0.3, -0.25) is 0 Å². The lowest BCUT2D eigenvalue weighted by Crippen LogP contribution is -2.22. The Morgan fingerprint density at radius 2 is 0.794 bits per heavy atom. The van der Waals surface area contributed by atoms with Crippen LogP contribution in [-0.4, -0.2) is 36.3 Å². The number of methoxy groups -OCH3 is 3. The zero-order valence-electron chi connectivity index (χ0n) is 19.1. The van der Waals surface area contributed by atoms with Crippen molar-refractivity contribution in [2.75, 3.05) is 21.3 Å². The number of hydrogen-bond donors (Lipinski definition) is 3. The fourth-order valence-electron chi connectivity index (χ4n) is 4.42. The monoisotopic (exact) mass is 469 g/mol. The van der Waals surface area contributed by atoms with Gasteiger partial charge >= 0.3 is 0 Å². The Labute approximate surface area is 197 Å². The van der Waals surface area contributed by atoms with Gasteiger partial charge in [-0.2, -0.15) is 0 Å². The van der Waals surface area contributed by atoms with Gasteiger partial charge < -0.3 is 29.2 Å². The summed E-state index contributed by atoms with van der Waals surface area (Å²) in [6, 6.07) is 25.0. The highest BCUT2D eigenvalue weighted by Crippen LogP contribution is 2.36. The SMILES string of the molecule is COc1ccc2[nH]c(P(c3cc4cc(OC)ccc4[nH]3)c3cc4cc(OC)ccc4[nH]3)cc2c1. The van der Waals surface area contributed by atoms with Gasteiger partial charge in [-0.1, -0.05) is 0 Å². The molecule has 0 saturated heterocycles. The summed E-state index contributed by atoms with van der Waals surface area (Å²) in [6.45, 7) is 0. The Balaban J connectivity index is 1.55. The zero-order chi connectivity index (χ0) is 23.2. The van der Waals surface area contributed by atoms with Crippen molar-refractivity contribution in [1.29, 1.82) is 0 Å². The lowest BCUT2D eigenvalue weighted by molar-refractivity contribution is 0.415. The summed E-state index contributed by atoms with van der Waals surface area (Å²) in [4.78, 5) is 11.0. The third-order valence-electron chi connectivity index (χ3n) is 6.16. The van der Waals surface area contributed by atoms with Crippen LogP contribution in [0.3, 0.4) is 0 Å². The lowest BCUT2D eigenvalue weighted by Gasteiger charge is -2.13. The maximum atomic E-state index is 5.44. The van der Waals surface area contributed by atoms with Crippen LogP contribution in [0.1, 0.15) is 0 Å². The third-order valence-corrected chi connectivity index (χ3v) is 8.33. The molecule has 6 aromatic rings. The summed E-state index contributed by atoms with van der Waals surface area (Å²) in [7, 11) is 4.16. The summed E-state index contributed by atoms with van der Waals surface area (Å²) in [5.41, 5.74) is 6.69. The topological polar surface area (TPSA) is 75.1 Å². The maximum Gasteiger partial charge on any atom is 0.119 e. The van der Waals surface area contributed by atoms with E-state index in [-0.39, 0.29) is 0 Å². The van der Waals surface area contributed by atoms with E-state index < -0.39 is 7.92 Å². The summed E-state index contributed by atoms with van der Waals surface area (Å²) in [5, 5.41) is 3.37. The molecule has 3 aromatic carbocycles. The number of benzene rings is 3. The minimum Gasteiger partial charge on any atom is -0.497 e. The van der Waals surface area contributed by atoms with E-state index in [0.717, 1.165) is 66.3 Å². The second-order valence-corrected chi connectivity index (χ2v) is 10.3. The van der Waals surface area contributed by atoms with Crippen molar-refractivity contribution in [3.05, 3.63) is 72.8 Å². The molecule has 6 rings (SSSR count). The zero-order valence-corrected chi connectivity index (χ0v) is 20.0. The number of rotatable bonds is 6. The largest absolute Gasteiger partial charge is 0.497 e. The highest BCUT2D eigenvalue weighted by atomic mass is 31.1. The molecule has 170 valence electrons. The Hall–Kier alpha value is -3.89. The molecule has 0 bridgehead atoms. The Bertz CT molecular complexity index is 1450. The molecular weight excluding hydrogens is 445 g/mol. The number of hydrogen-bond acceptors (Lipinski definition) is 3. The number of aromatic amines is 3. The predicted molar refractivity (Wildman–Crippen MR) is 140 cm³/mol. The van der Waals surface area contributed by atoms with E-state index in [9.17, 15) is 0 Å². The molecule has 0 aliphatic heterocycles. The van der Waals surface area contributed by atoms with E-state index in [2.05, 4.69) is 69.5 Å². The summed E-state index contributed by atoms with van der Waals surface area (Å²) >= 11 is 0. The van der Waals surface area contributed by atoms with Gasteiger partial charge in [0, 0.05) is 40.6 Å². The fraction of sp³-hybridized carbons (Fsp3) is 0.111. The van der Waals surface area contributed by atoms with E-state index >= 15 is 0 Å². The maximum absolute atomic E-state index is 5.44. The van der Waals surface area contributed by atoms with Crippen molar-refractivity contribution < 1.29 is 14.2 Å². The third kappa shape index (κ3) is 3.47. The van der Waals surface area contributed by atoms with Crippen LogP contribution >= 0.6 is 7.92 Å². The second-order valence-electron chi connectivity index (χ2n) is 8.16. The molecule has 0 unspecified atom stereocenters. The molecule has 0 aliphatic rings. The standard InChI is InChI=1S/C27H24N3O3P/c1-31-19-4-7-22-16(10-19)13-25(28-22)34(26-14-17-11-20(32-2)5-8-23(17)29-26)27-15-18-12-21(33-3)6-9-24(18)30-27/h4-15,28-30H,1-3H3. The Morgan fingerprint density at radius 3 is 1.09 bits per heavy atom. The molecule has 0 atom stereocenters. The lowest BCUT2D eigenvalue weighted by atomic mass is 10.2. The van der Waals surface area contributed by atoms with Gasteiger partial charge in [0.1, 0.15) is 17.2 Å². The molecule has 3 heterocycles. The predicted octanol–water partition coefficient (Wildman–Crippen LogP) is 4.91. The number of aromatic nitrogens is 3. The molecule has 0 amide bonds. The minimum absolute atomic E-state index is 0.845. The highest BCUT2D eigenvalue weighted by Gasteiger charge is 2.23. The molecule has 0 radical (unpaired) electrons. The van der Waals surface area contributed by atoms with Crippen LogP contribution in [-0.2, 0) is 0 Å². The van der Waals surface area contributed by atoms with E-state index in [0.29, 0.717) is 0 Å². The van der Waals surface area contributed by atoms with Crippen LogP contribution in [0.5, 0.6) is 17.2 Å². The molecule has 6 nitrogen and oxygen atoms in total. The van der Waals surface area contributed by atoms with Crippen LogP contribution in [0, 0.1) is 0 Å². The van der Waals surface area contributed by atoms with Gasteiger partial charge in [0.25, 0.3) is 0 Å². The molecule has 3 aromatic heterocycles. The number of H-pyrrole nitrogens is 3. The minimum atomic E-state index is -0.917. The van der Waals surface area contributed by atoms with Crippen molar-refractivity contribution in [2.24, 2.45) is 0 Å². The Kier molecular flexibility index (Phi) is 4.96. The smallest absolute Gasteiger partial charge is 0.119 e. The van der Waals surface area contributed by atoms with Crippen LogP contribution in [0.15, 0.2) is 72.8 Å². The van der Waals surface area contributed by atoms with Crippen LogP contribution in [0.4, 0.5) is 0 Å². The Morgan fingerprint density at radius 1 is 0.471 bits per heavy atom. The molecule has 34 heavy (non-hydrogen) atoms. The van der Waals surface area contributed by atoms with Gasteiger partial charge in [0.2, 0.25) is 0 Å². The molecule has 7 heteroatoms. The normalized spacial score (nSPS) is 11.6. The fourth-order valence-corrected chi connectivity index (χ4v) is 6.70. The molecule has 3 N–H and O–H groups in total.